The van der Waals surface area contributed by atoms with E-state index < -0.39 is 0 Å². The number of rotatable bonds is 5. The van der Waals surface area contributed by atoms with Crippen LogP contribution in [0, 0.1) is 12.7 Å². The lowest BCUT2D eigenvalue weighted by Crippen LogP contribution is -2.01. The van der Waals surface area contributed by atoms with Crippen LogP contribution in [0.1, 0.15) is 24.0 Å². The molecule has 84 valence electrons. The van der Waals surface area contributed by atoms with Gasteiger partial charge in [0.2, 0.25) is 0 Å². The van der Waals surface area contributed by atoms with Gasteiger partial charge in [-0.15, -0.1) is 0 Å². The van der Waals surface area contributed by atoms with Gasteiger partial charge >= 0.3 is 0 Å². The first kappa shape index (κ1) is 12.0. The van der Waals surface area contributed by atoms with Gasteiger partial charge in [-0.25, -0.2) is 4.39 Å². The molecule has 2 nitrogen and oxygen atoms in total. The monoisotopic (exact) mass is 211 g/mol. The Morgan fingerprint density at radius 3 is 2.67 bits per heavy atom. The van der Waals surface area contributed by atoms with E-state index in [-0.39, 0.29) is 5.82 Å². The van der Waals surface area contributed by atoms with E-state index in [1.165, 1.54) is 7.11 Å². The zero-order valence-corrected chi connectivity index (χ0v) is 9.35. The Bertz CT molecular complexity index is 326. The van der Waals surface area contributed by atoms with E-state index in [0.29, 0.717) is 12.3 Å². The van der Waals surface area contributed by atoms with Crippen molar-refractivity contribution in [3.63, 3.8) is 0 Å². The van der Waals surface area contributed by atoms with Crippen molar-refractivity contribution in [3.8, 4) is 5.75 Å². The molecule has 0 heterocycles. The highest BCUT2D eigenvalue weighted by Crippen LogP contribution is 2.23. The van der Waals surface area contributed by atoms with Crippen molar-refractivity contribution in [1.82, 2.24) is 0 Å². The maximum absolute atomic E-state index is 13.7. The van der Waals surface area contributed by atoms with Crippen LogP contribution in [0.25, 0.3) is 0 Å². The van der Waals surface area contributed by atoms with Gasteiger partial charge in [-0.2, -0.15) is 0 Å². The van der Waals surface area contributed by atoms with Gasteiger partial charge < -0.3 is 10.5 Å². The maximum Gasteiger partial charge on any atom is 0.168 e. The van der Waals surface area contributed by atoms with Crippen molar-refractivity contribution in [2.75, 3.05) is 13.7 Å². The van der Waals surface area contributed by atoms with E-state index >= 15 is 0 Å². The molecule has 0 bridgehead atoms. The molecule has 2 N–H and O–H groups in total. The second-order valence-electron chi connectivity index (χ2n) is 3.69. The molecular weight excluding hydrogens is 193 g/mol. The number of aryl methyl sites for hydroxylation is 2. The van der Waals surface area contributed by atoms with E-state index in [1.54, 1.807) is 6.07 Å². The highest BCUT2D eigenvalue weighted by molar-refractivity contribution is 5.35. The number of hydrogen-bond acceptors (Lipinski definition) is 2. The third-order valence-corrected chi connectivity index (χ3v) is 2.38. The predicted octanol–water partition coefficient (Wildman–Crippen LogP) is 2.42. The van der Waals surface area contributed by atoms with E-state index in [1.807, 2.05) is 13.0 Å². The van der Waals surface area contributed by atoms with Gasteiger partial charge in [0.1, 0.15) is 0 Å². The lowest BCUT2D eigenvalue weighted by molar-refractivity contribution is 0.383. The summed E-state index contributed by atoms with van der Waals surface area (Å²) in [6, 6.07) is 3.58. The first-order chi connectivity index (χ1) is 7.19. The number of halogens is 1. The van der Waals surface area contributed by atoms with Crippen molar-refractivity contribution < 1.29 is 9.13 Å². The number of ether oxygens (including phenoxy) is 1. The summed E-state index contributed by atoms with van der Waals surface area (Å²) in [5.74, 6) is 0.0952. The molecule has 0 unspecified atom stereocenters. The molecule has 3 heteroatoms. The number of hydrogen-bond donors (Lipinski definition) is 1. The minimum atomic E-state index is -0.236. The average Bonchev–Trinajstić information content (AvgIpc) is 2.23. The van der Waals surface area contributed by atoms with Crippen molar-refractivity contribution in [2.24, 2.45) is 5.73 Å². The summed E-state index contributed by atoms with van der Waals surface area (Å²) < 4.78 is 18.7. The molecule has 0 aliphatic carbocycles. The summed E-state index contributed by atoms with van der Waals surface area (Å²) >= 11 is 0. The summed E-state index contributed by atoms with van der Waals surface area (Å²) in [6.45, 7) is 2.60. The van der Waals surface area contributed by atoms with Crippen molar-refractivity contribution in [3.05, 3.63) is 29.1 Å². The Balaban J connectivity index is 2.81. The Labute approximate surface area is 90.2 Å². The molecule has 0 fully saturated rings. The van der Waals surface area contributed by atoms with Gasteiger partial charge in [0.25, 0.3) is 0 Å². The van der Waals surface area contributed by atoms with Gasteiger partial charge in [0.15, 0.2) is 11.6 Å². The summed E-state index contributed by atoms with van der Waals surface area (Å²) in [5, 5.41) is 0. The first-order valence-electron chi connectivity index (χ1n) is 5.22. The molecule has 0 aliphatic rings. The maximum atomic E-state index is 13.7. The van der Waals surface area contributed by atoms with Gasteiger partial charge in [-0.3, -0.25) is 0 Å². The fourth-order valence-electron chi connectivity index (χ4n) is 1.60. The Morgan fingerprint density at radius 2 is 2.07 bits per heavy atom. The average molecular weight is 211 g/mol. The molecule has 0 amide bonds. The molecular formula is C12H18FNO. The molecule has 0 atom stereocenters. The molecule has 15 heavy (non-hydrogen) atoms. The van der Waals surface area contributed by atoms with Crippen LogP contribution in [0.3, 0.4) is 0 Å². The fourth-order valence-corrected chi connectivity index (χ4v) is 1.60. The van der Waals surface area contributed by atoms with E-state index in [9.17, 15) is 4.39 Å². The predicted molar refractivity (Wildman–Crippen MR) is 59.7 cm³/mol. The summed E-state index contributed by atoms with van der Waals surface area (Å²) in [4.78, 5) is 0. The van der Waals surface area contributed by atoms with Gasteiger partial charge in [0.05, 0.1) is 7.11 Å². The van der Waals surface area contributed by atoms with Crippen LogP contribution in [-0.2, 0) is 6.42 Å². The van der Waals surface area contributed by atoms with Gasteiger partial charge in [0, 0.05) is 0 Å². The quantitative estimate of drug-likeness (QED) is 0.759. The number of unbranched alkanes of at least 4 members (excludes halogenated alkanes) is 1. The van der Waals surface area contributed by atoms with Crippen LogP contribution in [0.2, 0.25) is 0 Å². The van der Waals surface area contributed by atoms with Crippen LogP contribution in [0.5, 0.6) is 5.75 Å². The molecule has 0 spiro atoms. The topological polar surface area (TPSA) is 35.2 Å². The standard InChI is InChI=1S/C12H18FNO/c1-9-7-10(5-3-4-6-14)12(13)11(8-9)15-2/h7-8H,3-6,14H2,1-2H3. The smallest absolute Gasteiger partial charge is 0.168 e. The summed E-state index contributed by atoms with van der Waals surface area (Å²) in [7, 11) is 1.49. The van der Waals surface area contributed by atoms with Gasteiger partial charge in [-0.1, -0.05) is 6.07 Å². The van der Waals surface area contributed by atoms with Crippen LogP contribution in [0.15, 0.2) is 12.1 Å². The second-order valence-corrected chi connectivity index (χ2v) is 3.69. The van der Waals surface area contributed by atoms with E-state index in [0.717, 1.165) is 30.4 Å². The Hall–Kier alpha value is -1.09. The lowest BCUT2D eigenvalue weighted by Gasteiger charge is -2.09. The minimum Gasteiger partial charge on any atom is -0.494 e. The van der Waals surface area contributed by atoms with Crippen molar-refractivity contribution in [1.29, 1.82) is 0 Å². The van der Waals surface area contributed by atoms with Crippen molar-refractivity contribution >= 4 is 0 Å². The van der Waals surface area contributed by atoms with Crippen LogP contribution in [-0.4, -0.2) is 13.7 Å². The number of methoxy groups -OCH3 is 1. The van der Waals surface area contributed by atoms with Crippen LogP contribution < -0.4 is 10.5 Å². The first-order valence-corrected chi connectivity index (χ1v) is 5.22. The molecule has 1 aromatic carbocycles. The molecule has 0 aromatic heterocycles. The zero-order valence-electron chi connectivity index (χ0n) is 9.35. The minimum absolute atomic E-state index is 0.236. The van der Waals surface area contributed by atoms with Crippen molar-refractivity contribution in [2.45, 2.75) is 26.2 Å². The third kappa shape index (κ3) is 3.20. The normalized spacial score (nSPS) is 10.4. The second kappa shape index (κ2) is 5.71. The van der Waals surface area contributed by atoms with E-state index in [4.69, 9.17) is 10.5 Å². The fraction of sp³-hybridized carbons (Fsp3) is 0.500. The largest absolute Gasteiger partial charge is 0.494 e. The molecule has 1 aromatic rings. The molecule has 0 saturated carbocycles. The lowest BCUT2D eigenvalue weighted by atomic mass is 10.0. The molecule has 0 radical (unpaired) electrons. The van der Waals surface area contributed by atoms with Crippen LogP contribution >= 0.6 is 0 Å². The third-order valence-electron chi connectivity index (χ3n) is 2.38. The number of nitrogens with two attached hydrogens (primary N) is 1. The Morgan fingerprint density at radius 1 is 1.33 bits per heavy atom. The van der Waals surface area contributed by atoms with Gasteiger partial charge in [-0.05, 0) is 49.9 Å². The van der Waals surface area contributed by atoms with E-state index in [2.05, 4.69) is 0 Å². The van der Waals surface area contributed by atoms with Crippen LogP contribution in [0.4, 0.5) is 4.39 Å². The Kier molecular flexibility index (Phi) is 4.56. The number of benzene rings is 1. The summed E-state index contributed by atoms with van der Waals surface area (Å²) in [6.07, 6.45) is 2.57. The SMILES string of the molecule is COc1cc(C)cc(CCCCN)c1F. The zero-order chi connectivity index (χ0) is 11.3. The highest BCUT2D eigenvalue weighted by Gasteiger charge is 2.09. The highest BCUT2D eigenvalue weighted by atomic mass is 19.1. The molecule has 0 aliphatic heterocycles. The summed E-state index contributed by atoms with van der Waals surface area (Å²) in [5.41, 5.74) is 7.14. The molecule has 1 rings (SSSR count). The molecule has 0 saturated heterocycles.